The molecule has 1 aliphatic carbocycles. The summed E-state index contributed by atoms with van der Waals surface area (Å²) in [5.41, 5.74) is 7.41. The Morgan fingerprint density at radius 3 is 2.67 bits per heavy atom. The number of nitrogens with one attached hydrogen (secondary N) is 1. The van der Waals surface area contributed by atoms with Gasteiger partial charge in [0.1, 0.15) is 10.8 Å². The van der Waals surface area contributed by atoms with Gasteiger partial charge in [0.2, 0.25) is 5.91 Å². The number of aryl methyl sites for hydroxylation is 1. The molecule has 0 radical (unpaired) electrons. The average Bonchev–Trinajstić information content (AvgIpc) is 3.47. The number of esters is 1. The molecule has 0 bridgehead atoms. The summed E-state index contributed by atoms with van der Waals surface area (Å²) >= 11 is 1.33. The number of rotatable bonds is 8. The number of nitrogens with two attached hydrogens (primary N) is 1. The van der Waals surface area contributed by atoms with E-state index in [-0.39, 0.29) is 18.9 Å². The van der Waals surface area contributed by atoms with Crippen LogP contribution < -0.4 is 20.7 Å². The van der Waals surface area contributed by atoms with E-state index in [4.69, 9.17) is 15.2 Å². The molecule has 33 heavy (non-hydrogen) atoms. The summed E-state index contributed by atoms with van der Waals surface area (Å²) in [4.78, 5) is 51.7. The van der Waals surface area contributed by atoms with E-state index in [2.05, 4.69) is 5.32 Å². The monoisotopic (exact) mass is 471 g/mol. The molecule has 1 saturated heterocycles. The molecule has 1 aromatic heterocycles. The Balaban J connectivity index is 1.32. The minimum Gasteiger partial charge on any atom is -0.494 e. The number of ether oxygens (including phenoxy) is 2. The number of hydrogen-bond donors (Lipinski definition) is 2. The Kier molecular flexibility index (Phi) is 6.64. The van der Waals surface area contributed by atoms with Gasteiger partial charge >= 0.3 is 5.97 Å². The fourth-order valence-electron chi connectivity index (χ4n) is 4.17. The van der Waals surface area contributed by atoms with Gasteiger partial charge < -0.3 is 25.4 Å². The third kappa shape index (κ3) is 4.85. The Hall–Kier alpha value is -3.40. The highest BCUT2D eigenvalue weighted by molar-refractivity contribution is 7.17. The van der Waals surface area contributed by atoms with Crippen LogP contribution in [0, 0.1) is 5.92 Å². The van der Waals surface area contributed by atoms with Crippen molar-refractivity contribution in [1.29, 1.82) is 0 Å². The van der Waals surface area contributed by atoms with E-state index >= 15 is 0 Å². The van der Waals surface area contributed by atoms with Crippen molar-refractivity contribution in [2.45, 2.75) is 32.6 Å². The average molecular weight is 472 g/mol. The number of amides is 3. The quantitative estimate of drug-likeness (QED) is 0.569. The van der Waals surface area contributed by atoms with Gasteiger partial charge in [-0.25, -0.2) is 0 Å². The molecule has 1 unspecified atom stereocenters. The zero-order chi connectivity index (χ0) is 23.5. The van der Waals surface area contributed by atoms with Crippen molar-refractivity contribution in [3.8, 4) is 5.75 Å². The lowest BCUT2D eigenvalue weighted by molar-refractivity contribution is -0.151. The van der Waals surface area contributed by atoms with E-state index in [9.17, 15) is 19.2 Å². The first kappa shape index (κ1) is 22.8. The van der Waals surface area contributed by atoms with Gasteiger partial charge in [-0.1, -0.05) is 0 Å². The van der Waals surface area contributed by atoms with Gasteiger partial charge in [-0.05, 0) is 56.0 Å². The normalized spacial score (nSPS) is 17.1. The molecule has 2 heterocycles. The molecule has 3 N–H and O–H groups in total. The van der Waals surface area contributed by atoms with E-state index < -0.39 is 30.3 Å². The van der Waals surface area contributed by atoms with Gasteiger partial charge in [0.05, 0.1) is 18.1 Å². The van der Waals surface area contributed by atoms with Crippen molar-refractivity contribution in [1.82, 2.24) is 0 Å². The second kappa shape index (κ2) is 9.62. The molecule has 3 amide bonds. The highest BCUT2D eigenvalue weighted by Gasteiger charge is 2.36. The maximum Gasteiger partial charge on any atom is 0.311 e. The van der Waals surface area contributed by atoms with Crippen molar-refractivity contribution in [2.75, 3.05) is 30.0 Å². The van der Waals surface area contributed by atoms with Crippen LogP contribution in [-0.4, -0.2) is 43.4 Å². The molecular formula is C23H25N3O6S. The van der Waals surface area contributed by atoms with Crippen LogP contribution >= 0.6 is 11.3 Å². The number of carbonyl (C=O) groups is 4. The van der Waals surface area contributed by atoms with Crippen LogP contribution in [0.5, 0.6) is 5.75 Å². The summed E-state index contributed by atoms with van der Waals surface area (Å²) in [6.45, 7) is 2.10. The molecule has 2 aliphatic rings. The molecule has 1 atom stereocenters. The molecule has 174 valence electrons. The van der Waals surface area contributed by atoms with Crippen LogP contribution in [0.1, 0.15) is 40.6 Å². The van der Waals surface area contributed by atoms with Gasteiger partial charge in [-0.15, -0.1) is 11.3 Å². The largest absolute Gasteiger partial charge is 0.494 e. The number of benzene rings is 1. The fourth-order valence-corrected chi connectivity index (χ4v) is 5.49. The first-order valence-corrected chi connectivity index (χ1v) is 11.6. The van der Waals surface area contributed by atoms with Gasteiger partial charge in [-0.3, -0.25) is 19.2 Å². The minimum atomic E-state index is -0.663. The zero-order valence-electron chi connectivity index (χ0n) is 18.2. The highest BCUT2D eigenvalue weighted by Crippen LogP contribution is 2.38. The van der Waals surface area contributed by atoms with Crippen molar-refractivity contribution >= 4 is 45.7 Å². The molecule has 9 nitrogen and oxygen atoms in total. The molecule has 1 aromatic carbocycles. The van der Waals surface area contributed by atoms with E-state index in [0.29, 0.717) is 28.6 Å². The molecule has 4 rings (SSSR count). The highest BCUT2D eigenvalue weighted by atomic mass is 32.1. The third-order valence-corrected chi connectivity index (χ3v) is 6.89. The van der Waals surface area contributed by atoms with Crippen LogP contribution in [0.15, 0.2) is 24.3 Å². The predicted octanol–water partition coefficient (Wildman–Crippen LogP) is 2.27. The maximum atomic E-state index is 12.5. The lowest BCUT2D eigenvalue weighted by Gasteiger charge is -2.17. The van der Waals surface area contributed by atoms with Crippen LogP contribution in [0.4, 0.5) is 10.7 Å². The smallest absolute Gasteiger partial charge is 0.311 e. The number of primary amides is 1. The lowest BCUT2D eigenvalue weighted by atomic mass is 10.1. The Morgan fingerprint density at radius 1 is 1.21 bits per heavy atom. The first-order chi connectivity index (χ1) is 15.9. The Bertz CT molecular complexity index is 1090. The summed E-state index contributed by atoms with van der Waals surface area (Å²) < 4.78 is 10.6. The van der Waals surface area contributed by atoms with Crippen molar-refractivity contribution in [3.63, 3.8) is 0 Å². The number of thiophene rings is 1. The minimum absolute atomic E-state index is 0.0110. The summed E-state index contributed by atoms with van der Waals surface area (Å²) in [7, 11) is 0. The SMILES string of the molecule is CCOc1ccc(N2CC(C(=O)OCC(=O)Nc3sc4c(c3C(N)=O)CCC4)CC2=O)cc1. The van der Waals surface area contributed by atoms with Crippen molar-refractivity contribution < 1.29 is 28.7 Å². The number of anilines is 2. The van der Waals surface area contributed by atoms with Gasteiger partial charge in [0, 0.05) is 23.5 Å². The summed E-state index contributed by atoms with van der Waals surface area (Å²) in [6, 6.07) is 7.06. The first-order valence-electron chi connectivity index (χ1n) is 10.8. The molecular weight excluding hydrogens is 446 g/mol. The van der Waals surface area contributed by atoms with E-state index in [1.165, 1.54) is 16.2 Å². The Labute approximate surface area is 194 Å². The van der Waals surface area contributed by atoms with E-state index in [0.717, 1.165) is 29.7 Å². The molecule has 0 spiro atoms. The standard InChI is InChI=1S/C23H25N3O6S/c1-2-31-15-8-6-14(7-9-15)26-11-13(10-19(26)28)23(30)32-12-18(27)25-22-20(21(24)29)16-4-3-5-17(16)33-22/h6-9,13H,2-5,10-12H2,1H3,(H2,24,29)(H,25,27). The number of hydrogen-bond acceptors (Lipinski definition) is 7. The van der Waals surface area contributed by atoms with Gasteiger partial charge in [0.25, 0.3) is 11.8 Å². The van der Waals surface area contributed by atoms with Crippen LogP contribution in [0.2, 0.25) is 0 Å². The number of fused-ring (bicyclic) bond motifs is 1. The summed E-state index contributed by atoms with van der Waals surface area (Å²) in [5.74, 6) is -1.91. The second-order valence-corrected chi connectivity index (χ2v) is 9.02. The Morgan fingerprint density at radius 2 is 1.97 bits per heavy atom. The summed E-state index contributed by atoms with van der Waals surface area (Å²) in [6.07, 6.45) is 2.58. The van der Waals surface area contributed by atoms with E-state index in [1.807, 2.05) is 6.92 Å². The van der Waals surface area contributed by atoms with Crippen LogP contribution in [-0.2, 0) is 32.0 Å². The van der Waals surface area contributed by atoms with Crippen LogP contribution in [0.25, 0.3) is 0 Å². The maximum absolute atomic E-state index is 12.5. The van der Waals surface area contributed by atoms with Gasteiger partial charge in [-0.2, -0.15) is 0 Å². The zero-order valence-corrected chi connectivity index (χ0v) is 19.0. The molecule has 0 saturated carbocycles. The molecule has 2 aromatic rings. The van der Waals surface area contributed by atoms with Crippen LogP contribution in [0.3, 0.4) is 0 Å². The number of nitrogens with zero attached hydrogens (tertiary/aromatic N) is 1. The third-order valence-electron chi connectivity index (χ3n) is 5.68. The topological polar surface area (TPSA) is 128 Å². The molecule has 1 fully saturated rings. The van der Waals surface area contributed by atoms with Crippen molar-refractivity contribution in [2.24, 2.45) is 11.7 Å². The van der Waals surface area contributed by atoms with Gasteiger partial charge in [0.15, 0.2) is 6.61 Å². The van der Waals surface area contributed by atoms with Crippen molar-refractivity contribution in [3.05, 3.63) is 40.3 Å². The lowest BCUT2D eigenvalue weighted by Crippen LogP contribution is -2.28. The summed E-state index contributed by atoms with van der Waals surface area (Å²) in [5, 5.41) is 3.03. The number of carbonyl (C=O) groups excluding carboxylic acids is 4. The van der Waals surface area contributed by atoms with E-state index in [1.54, 1.807) is 24.3 Å². The molecule has 1 aliphatic heterocycles. The predicted molar refractivity (Wildman–Crippen MR) is 123 cm³/mol. The fraction of sp³-hybridized carbons (Fsp3) is 0.391. The second-order valence-electron chi connectivity index (χ2n) is 7.91. The molecule has 10 heteroatoms.